The zero-order valence-corrected chi connectivity index (χ0v) is 7.18. The van der Waals surface area contributed by atoms with Crippen LogP contribution in [-0.2, 0) is 5.41 Å². The molecule has 1 fully saturated rings. The predicted molar refractivity (Wildman–Crippen MR) is 45.4 cm³/mol. The lowest BCUT2D eigenvalue weighted by Crippen LogP contribution is -2.32. The highest BCUT2D eigenvalue weighted by molar-refractivity contribution is 5.20. The molecule has 1 heterocycles. The van der Waals surface area contributed by atoms with Gasteiger partial charge < -0.3 is 0 Å². The Morgan fingerprint density at radius 1 is 1.50 bits per heavy atom. The molecule has 1 saturated carbocycles. The summed E-state index contributed by atoms with van der Waals surface area (Å²) in [5, 5.41) is 0. The molecule has 0 amide bonds. The molecule has 2 rings (SSSR count). The van der Waals surface area contributed by atoms with E-state index >= 15 is 0 Å². The number of hydrogen-bond donors (Lipinski definition) is 0. The van der Waals surface area contributed by atoms with Gasteiger partial charge in [-0.25, -0.2) is 4.39 Å². The van der Waals surface area contributed by atoms with E-state index in [0.29, 0.717) is 5.69 Å². The van der Waals surface area contributed by atoms with Crippen molar-refractivity contribution >= 4 is 0 Å². The van der Waals surface area contributed by atoms with E-state index in [9.17, 15) is 4.39 Å². The van der Waals surface area contributed by atoms with E-state index in [-0.39, 0.29) is 11.2 Å². The van der Waals surface area contributed by atoms with Crippen LogP contribution in [0.1, 0.15) is 31.9 Å². The molecule has 0 unspecified atom stereocenters. The Labute approximate surface area is 71.6 Å². The molecule has 0 N–H and O–H groups in total. The minimum absolute atomic E-state index is 0.0192. The smallest absolute Gasteiger partial charge is 0.145 e. The fraction of sp³-hybridized carbons (Fsp3) is 0.500. The van der Waals surface area contributed by atoms with Crippen molar-refractivity contribution in [3.05, 3.63) is 29.8 Å². The van der Waals surface area contributed by atoms with Gasteiger partial charge in [0.25, 0.3) is 0 Å². The third-order valence-corrected chi connectivity index (χ3v) is 2.79. The van der Waals surface area contributed by atoms with Gasteiger partial charge >= 0.3 is 0 Å². The lowest BCUT2D eigenvalue weighted by Gasteiger charge is -2.37. The lowest BCUT2D eigenvalue weighted by molar-refractivity contribution is 0.254. The first kappa shape index (κ1) is 7.71. The highest BCUT2D eigenvalue weighted by Gasteiger charge is 2.36. The van der Waals surface area contributed by atoms with Crippen molar-refractivity contribution in [3.8, 4) is 0 Å². The van der Waals surface area contributed by atoms with E-state index in [1.54, 1.807) is 12.3 Å². The molecule has 64 valence electrons. The van der Waals surface area contributed by atoms with E-state index in [0.717, 1.165) is 12.8 Å². The van der Waals surface area contributed by atoms with Gasteiger partial charge in [0.1, 0.15) is 5.82 Å². The second-order valence-electron chi connectivity index (χ2n) is 3.75. The maximum absolute atomic E-state index is 13.2. The second kappa shape index (κ2) is 2.54. The number of rotatable bonds is 1. The molecule has 0 atom stereocenters. The quantitative estimate of drug-likeness (QED) is 0.623. The van der Waals surface area contributed by atoms with Crippen molar-refractivity contribution < 1.29 is 4.39 Å². The largest absolute Gasteiger partial charge is 0.258 e. The topological polar surface area (TPSA) is 12.9 Å². The average molecular weight is 165 g/mol. The van der Waals surface area contributed by atoms with Crippen LogP contribution in [0.25, 0.3) is 0 Å². The van der Waals surface area contributed by atoms with Crippen LogP contribution in [0.15, 0.2) is 18.3 Å². The van der Waals surface area contributed by atoms with Gasteiger partial charge in [-0.05, 0) is 25.0 Å². The Hall–Kier alpha value is -0.920. The Morgan fingerprint density at radius 3 is 2.75 bits per heavy atom. The van der Waals surface area contributed by atoms with Crippen molar-refractivity contribution in [1.82, 2.24) is 4.98 Å². The zero-order chi connectivity index (χ0) is 8.60. The molecule has 1 aromatic heterocycles. The Morgan fingerprint density at radius 2 is 2.25 bits per heavy atom. The monoisotopic (exact) mass is 165 g/mol. The molecule has 1 aromatic rings. The maximum atomic E-state index is 13.2. The molecule has 0 saturated heterocycles. The minimum atomic E-state index is -0.153. The van der Waals surface area contributed by atoms with E-state index in [2.05, 4.69) is 11.9 Å². The van der Waals surface area contributed by atoms with Gasteiger partial charge in [0.15, 0.2) is 0 Å². The summed E-state index contributed by atoms with van der Waals surface area (Å²) in [5.74, 6) is -0.153. The van der Waals surface area contributed by atoms with Gasteiger partial charge in [0, 0.05) is 11.6 Å². The van der Waals surface area contributed by atoms with Crippen molar-refractivity contribution in [2.45, 2.75) is 31.6 Å². The minimum Gasteiger partial charge on any atom is -0.258 e. The van der Waals surface area contributed by atoms with E-state index < -0.39 is 0 Å². The maximum Gasteiger partial charge on any atom is 0.145 e. The highest BCUT2D eigenvalue weighted by Crippen LogP contribution is 2.42. The molecule has 0 spiro atoms. The molecule has 1 nitrogen and oxygen atoms in total. The molecule has 0 bridgehead atoms. The van der Waals surface area contributed by atoms with Gasteiger partial charge in [-0.15, -0.1) is 0 Å². The average Bonchev–Trinajstić information content (AvgIpc) is 2.01. The molecule has 12 heavy (non-hydrogen) atoms. The molecule has 0 radical (unpaired) electrons. The normalized spacial score (nSPS) is 20.2. The SMILES string of the molecule is CC1(c2ncccc2F)CCC1. The van der Waals surface area contributed by atoms with Gasteiger partial charge in [-0.1, -0.05) is 13.3 Å². The van der Waals surface area contributed by atoms with Crippen LogP contribution in [0.5, 0.6) is 0 Å². The third kappa shape index (κ3) is 1.02. The van der Waals surface area contributed by atoms with Crippen LogP contribution in [0.3, 0.4) is 0 Å². The Bertz CT molecular complexity index is 292. The van der Waals surface area contributed by atoms with Crippen LogP contribution in [-0.4, -0.2) is 4.98 Å². The van der Waals surface area contributed by atoms with Crippen molar-refractivity contribution in [2.75, 3.05) is 0 Å². The predicted octanol–water partition coefficient (Wildman–Crippen LogP) is 2.66. The summed E-state index contributed by atoms with van der Waals surface area (Å²) in [4.78, 5) is 4.10. The summed E-state index contributed by atoms with van der Waals surface area (Å²) in [6.45, 7) is 2.09. The number of aromatic nitrogens is 1. The first-order chi connectivity index (χ1) is 5.72. The highest BCUT2D eigenvalue weighted by atomic mass is 19.1. The summed E-state index contributed by atoms with van der Waals surface area (Å²) >= 11 is 0. The molecule has 2 heteroatoms. The van der Waals surface area contributed by atoms with Crippen LogP contribution >= 0.6 is 0 Å². The van der Waals surface area contributed by atoms with E-state index in [1.807, 2.05) is 0 Å². The number of hydrogen-bond acceptors (Lipinski definition) is 1. The molecular weight excluding hydrogens is 153 g/mol. The summed E-state index contributed by atoms with van der Waals surface area (Å²) in [5.41, 5.74) is 0.668. The summed E-state index contributed by atoms with van der Waals surface area (Å²) in [6.07, 6.45) is 5.01. The van der Waals surface area contributed by atoms with Crippen molar-refractivity contribution in [1.29, 1.82) is 0 Å². The molecular formula is C10H12FN. The Balaban J connectivity index is 2.39. The van der Waals surface area contributed by atoms with Crippen LogP contribution < -0.4 is 0 Å². The first-order valence-corrected chi connectivity index (χ1v) is 4.33. The van der Waals surface area contributed by atoms with Gasteiger partial charge in [-0.2, -0.15) is 0 Å². The number of nitrogens with zero attached hydrogens (tertiary/aromatic N) is 1. The van der Waals surface area contributed by atoms with Crippen LogP contribution in [0.2, 0.25) is 0 Å². The van der Waals surface area contributed by atoms with E-state index in [1.165, 1.54) is 12.5 Å². The van der Waals surface area contributed by atoms with Gasteiger partial charge in [-0.3, -0.25) is 4.98 Å². The number of pyridine rings is 1. The second-order valence-corrected chi connectivity index (χ2v) is 3.75. The molecule has 1 aliphatic rings. The summed E-state index contributed by atoms with van der Waals surface area (Å²) in [6, 6.07) is 3.13. The van der Waals surface area contributed by atoms with E-state index in [4.69, 9.17) is 0 Å². The summed E-state index contributed by atoms with van der Waals surface area (Å²) in [7, 11) is 0. The molecule has 0 aliphatic heterocycles. The zero-order valence-electron chi connectivity index (χ0n) is 7.18. The fourth-order valence-electron chi connectivity index (χ4n) is 1.77. The Kier molecular flexibility index (Phi) is 1.63. The van der Waals surface area contributed by atoms with Crippen molar-refractivity contribution in [2.24, 2.45) is 0 Å². The fourth-order valence-corrected chi connectivity index (χ4v) is 1.77. The van der Waals surface area contributed by atoms with Crippen LogP contribution in [0, 0.1) is 5.82 Å². The standard InChI is InChI=1S/C10H12FN/c1-10(5-3-6-10)9-8(11)4-2-7-12-9/h2,4,7H,3,5-6H2,1H3. The lowest BCUT2D eigenvalue weighted by atomic mass is 9.68. The first-order valence-electron chi connectivity index (χ1n) is 4.33. The van der Waals surface area contributed by atoms with Gasteiger partial charge in [0.05, 0.1) is 5.69 Å². The van der Waals surface area contributed by atoms with Crippen molar-refractivity contribution in [3.63, 3.8) is 0 Å². The molecule has 1 aliphatic carbocycles. The summed E-state index contributed by atoms with van der Waals surface area (Å²) < 4.78 is 13.2. The van der Waals surface area contributed by atoms with Gasteiger partial charge in [0.2, 0.25) is 0 Å². The number of halogens is 1. The van der Waals surface area contributed by atoms with Crippen LogP contribution in [0.4, 0.5) is 4.39 Å². The molecule has 0 aromatic carbocycles. The third-order valence-electron chi connectivity index (χ3n) is 2.79.